The topological polar surface area (TPSA) is 149 Å². The van der Waals surface area contributed by atoms with Crippen molar-refractivity contribution >= 4 is 23.3 Å². The molecule has 8 nitrogen and oxygen atoms in total. The summed E-state index contributed by atoms with van der Waals surface area (Å²) in [5.41, 5.74) is 10.2. The fraction of sp³-hybridized carbons (Fsp3) is 0.0667. The molecule has 0 aliphatic carbocycles. The highest BCUT2D eigenvalue weighted by Gasteiger charge is 2.33. The summed E-state index contributed by atoms with van der Waals surface area (Å²) in [6.07, 6.45) is 1.55. The minimum Gasteiger partial charge on any atom is -0.397 e. The van der Waals surface area contributed by atoms with Crippen LogP contribution >= 0.6 is 0 Å². The number of aliphatic imine (C=N–C) groups is 1. The fourth-order valence-electron chi connectivity index (χ4n) is 2.60. The Labute approximate surface area is 148 Å². The number of nitrogens with one attached hydrogen (secondary N) is 2. The summed E-state index contributed by atoms with van der Waals surface area (Å²) in [5.74, 6) is -8.04. The first-order chi connectivity index (χ1) is 12.8. The number of anilines is 3. The molecule has 136 valence electrons. The van der Waals surface area contributed by atoms with Gasteiger partial charge in [0.2, 0.25) is 5.96 Å². The average Bonchev–Trinajstić information content (AvgIpc) is 2.62. The van der Waals surface area contributed by atoms with Crippen LogP contribution in [0, 0.1) is 46.1 Å². The normalized spacial score (nSPS) is 15.0. The van der Waals surface area contributed by atoms with E-state index in [1.165, 1.54) is 0 Å². The third kappa shape index (κ3) is 2.69. The Morgan fingerprint density at radius 1 is 1.11 bits per heavy atom. The van der Waals surface area contributed by atoms with Crippen molar-refractivity contribution in [3.8, 4) is 12.3 Å². The van der Waals surface area contributed by atoms with Crippen molar-refractivity contribution in [3.05, 3.63) is 46.0 Å². The van der Waals surface area contributed by atoms with Crippen LogP contribution in [0.4, 0.5) is 34.9 Å². The largest absolute Gasteiger partial charge is 0.397 e. The van der Waals surface area contributed by atoms with Crippen molar-refractivity contribution < 1.29 is 17.6 Å². The van der Waals surface area contributed by atoms with E-state index in [1.807, 2.05) is 0 Å². The molecule has 1 aliphatic rings. The van der Waals surface area contributed by atoms with Gasteiger partial charge in [0.15, 0.2) is 29.5 Å². The number of nitriles is 2. The van der Waals surface area contributed by atoms with E-state index in [2.05, 4.69) is 20.6 Å². The Morgan fingerprint density at radius 3 is 2.44 bits per heavy atom. The van der Waals surface area contributed by atoms with Crippen LogP contribution < -0.4 is 22.1 Å². The minimum atomic E-state index is -2.04. The van der Waals surface area contributed by atoms with Crippen molar-refractivity contribution in [2.75, 3.05) is 16.8 Å². The van der Waals surface area contributed by atoms with Crippen LogP contribution in [0.25, 0.3) is 0 Å². The van der Waals surface area contributed by atoms with Crippen molar-refractivity contribution in [2.24, 2.45) is 4.99 Å². The van der Waals surface area contributed by atoms with E-state index in [9.17, 15) is 17.6 Å². The quantitative estimate of drug-likeness (QED) is 0.194. The number of guanidine groups is 1. The molecule has 1 aromatic heterocycles. The highest BCUT2D eigenvalue weighted by Crippen LogP contribution is 2.41. The zero-order chi connectivity index (χ0) is 19.9. The number of nitrogens with zero attached hydrogens (tertiary/aromatic N) is 4. The molecule has 0 fully saturated rings. The second-order valence-electron chi connectivity index (χ2n) is 5.29. The number of nitrogen functional groups attached to an aromatic ring is 2. The maximum atomic E-state index is 14.3. The molecule has 0 amide bonds. The molecule has 1 aromatic carbocycles. The van der Waals surface area contributed by atoms with Gasteiger partial charge >= 0.3 is 0 Å². The monoisotopic (exact) mass is 376 g/mol. The van der Waals surface area contributed by atoms with Crippen molar-refractivity contribution in [3.63, 3.8) is 0 Å². The van der Waals surface area contributed by atoms with Gasteiger partial charge in [-0.05, 0) is 6.07 Å². The Balaban J connectivity index is 2.34. The molecule has 1 unspecified atom stereocenters. The van der Waals surface area contributed by atoms with Gasteiger partial charge in [-0.1, -0.05) is 0 Å². The number of aromatic nitrogens is 1. The number of halogens is 4. The molecule has 12 heteroatoms. The van der Waals surface area contributed by atoms with E-state index in [4.69, 9.17) is 22.0 Å². The van der Waals surface area contributed by atoms with Gasteiger partial charge in [-0.25, -0.2) is 27.5 Å². The summed E-state index contributed by atoms with van der Waals surface area (Å²) < 4.78 is 55.0. The maximum absolute atomic E-state index is 14.3. The van der Waals surface area contributed by atoms with E-state index in [1.54, 1.807) is 12.3 Å². The first kappa shape index (κ1) is 17.8. The van der Waals surface area contributed by atoms with Gasteiger partial charge < -0.3 is 16.8 Å². The van der Waals surface area contributed by atoms with E-state index in [0.29, 0.717) is 6.07 Å². The minimum absolute atomic E-state index is 0.117. The molecule has 2 heterocycles. The van der Waals surface area contributed by atoms with Crippen LogP contribution in [-0.2, 0) is 0 Å². The van der Waals surface area contributed by atoms with E-state index in [0.717, 1.165) is 0 Å². The Hall–Kier alpha value is -4.06. The molecule has 0 spiro atoms. The molecule has 0 saturated heterocycles. The van der Waals surface area contributed by atoms with Gasteiger partial charge in [0.1, 0.15) is 29.3 Å². The molecule has 3 rings (SSSR count). The summed E-state index contributed by atoms with van der Waals surface area (Å²) in [6, 6.07) is 0.576. The van der Waals surface area contributed by atoms with Crippen LogP contribution in [0.15, 0.2) is 11.1 Å². The smallest absolute Gasteiger partial charge is 0.211 e. The number of benzene rings is 1. The predicted octanol–water partition coefficient (Wildman–Crippen LogP) is 1.62. The Bertz CT molecular complexity index is 1080. The van der Waals surface area contributed by atoms with Crippen LogP contribution in [0.5, 0.6) is 0 Å². The zero-order valence-corrected chi connectivity index (χ0v) is 13.1. The molecule has 6 N–H and O–H groups in total. The summed E-state index contributed by atoms with van der Waals surface area (Å²) in [5, 5.41) is 22.6. The summed E-state index contributed by atoms with van der Waals surface area (Å²) >= 11 is 0. The van der Waals surface area contributed by atoms with Crippen LogP contribution in [0.2, 0.25) is 0 Å². The molecule has 27 heavy (non-hydrogen) atoms. The van der Waals surface area contributed by atoms with Crippen LogP contribution in [0.3, 0.4) is 0 Å². The second-order valence-corrected chi connectivity index (χ2v) is 5.29. The molecular weight excluding hydrogens is 368 g/mol. The number of hydrogen-bond donors (Lipinski definition) is 4. The lowest BCUT2D eigenvalue weighted by Crippen LogP contribution is -2.33. The number of rotatable bonds is 1. The van der Waals surface area contributed by atoms with Gasteiger partial charge in [0.25, 0.3) is 0 Å². The van der Waals surface area contributed by atoms with Gasteiger partial charge in [-0.15, -0.1) is 0 Å². The SMILES string of the molecule is N#CNC1=NC(c2cc(F)c(F)c(F)c2F)c2c(nc(N)c(C#N)c2N)N1. The fourth-order valence-corrected chi connectivity index (χ4v) is 2.60. The number of hydrogen-bond acceptors (Lipinski definition) is 8. The first-order valence-corrected chi connectivity index (χ1v) is 7.11. The van der Waals surface area contributed by atoms with Gasteiger partial charge in [-0.3, -0.25) is 5.32 Å². The van der Waals surface area contributed by atoms with Crippen molar-refractivity contribution in [2.45, 2.75) is 6.04 Å². The highest BCUT2D eigenvalue weighted by atomic mass is 19.2. The summed E-state index contributed by atoms with van der Waals surface area (Å²) in [4.78, 5) is 7.82. The Kier molecular flexibility index (Phi) is 4.17. The third-order valence-corrected chi connectivity index (χ3v) is 3.78. The summed E-state index contributed by atoms with van der Waals surface area (Å²) in [7, 11) is 0. The van der Waals surface area contributed by atoms with E-state index < -0.39 is 34.9 Å². The molecule has 0 radical (unpaired) electrons. The summed E-state index contributed by atoms with van der Waals surface area (Å²) in [6.45, 7) is 0. The molecule has 2 aromatic rings. The molecule has 0 saturated carbocycles. The molecule has 0 bridgehead atoms. The lowest BCUT2D eigenvalue weighted by molar-refractivity contribution is 0.402. The number of fused-ring (bicyclic) bond motifs is 1. The van der Waals surface area contributed by atoms with Crippen molar-refractivity contribution in [1.82, 2.24) is 10.3 Å². The number of pyridine rings is 1. The molecular formula is C15H8F4N8. The predicted molar refractivity (Wildman–Crippen MR) is 85.7 cm³/mol. The third-order valence-electron chi connectivity index (χ3n) is 3.78. The van der Waals surface area contributed by atoms with Gasteiger partial charge in [0, 0.05) is 11.1 Å². The van der Waals surface area contributed by atoms with Crippen LogP contribution in [-0.4, -0.2) is 10.9 Å². The average molecular weight is 376 g/mol. The van der Waals surface area contributed by atoms with Crippen LogP contribution in [0.1, 0.15) is 22.7 Å². The lowest BCUT2D eigenvalue weighted by atomic mass is 9.94. The van der Waals surface area contributed by atoms with E-state index in [-0.39, 0.29) is 34.4 Å². The lowest BCUT2D eigenvalue weighted by Gasteiger charge is -2.26. The van der Waals surface area contributed by atoms with E-state index >= 15 is 0 Å². The molecule has 1 aliphatic heterocycles. The maximum Gasteiger partial charge on any atom is 0.211 e. The Morgan fingerprint density at radius 2 is 1.81 bits per heavy atom. The highest BCUT2D eigenvalue weighted by molar-refractivity contribution is 5.98. The number of nitrogens with two attached hydrogens (primary N) is 2. The zero-order valence-electron chi connectivity index (χ0n) is 13.1. The van der Waals surface area contributed by atoms with Gasteiger partial charge in [-0.2, -0.15) is 10.5 Å². The second kappa shape index (κ2) is 6.34. The van der Waals surface area contributed by atoms with Crippen molar-refractivity contribution in [1.29, 1.82) is 10.5 Å². The standard InChI is InChI=1S/C15H8F4N8/c16-6-1-4(8(17)10(19)9(6)18)12-7-11(22)5(2-20)13(23)26-14(7)27-15(25-12)24-3-21/h1,12H,(H6,22,23,24,25,26,27). The molecule has 1 atom stereocenters. The van der Waals surface area contributed by atoms with Gasteiger partial charge in [0.05, 0.1) is 5.69 Å². The first-order valence-electron chi connectivity index (χ1n) is 7.11.